The third-order valence-corrected chi connectivity index (χ3v) is 3.61. The van der Waals surface area contributed by atoms with E-state index >= 15 is 0 Å². The highest BCUT2D eigenvalue weighted by molar-refractivity contribution is 5.50. The van der Waals surface area contributed by atoms with E-state index in [2.05, 4.69) is 54.9 Å². The minimum absolute atomic E-state index is 0.100. The molecule has 1 aromatic rings. The predicted molar refractivity (Wildman–Crippen MR) is 78.3 cm³/mol. The van der Waals surface area contributed by atoms with Gasteiger partial charge in [-0.2, -0.15) is 0 Å². The number of nitrogens with zero attached hydrogens (tertiary/aromatic N) is 3. The first-order valence-corrected chi connectivity index (χ1v) is 6.74. The lowest BCUT2D eigenvalue weighted by atomic mass is 10.00. The topological polar surface area (TPSA) is 41.1 Å². The molecule has 0 aromatic carbocycles. The van der Waals surface area contributed by atoms with E-state index in [9.17, 15) is 0 Å². The van der Waals surface area contributed by atoms with Crippen molar-refractivity contribution in [2.24, 2.45) is 0 Å². The summed E-state index contributed by atoms with van der Waals surface area (Å²) in [6.45, 7) is 8.81. The molecule has 1 heterocycles. The molecule has 0 bridgehead atoms. The molecule has 4 heteroatoms. The summed E-state index contributed by atoms with van der Waals surface area (Å²) in [6, 6.07) is 2.01. The molecule has 0 saturated carbocycles. The molecule has 0 aliphatic rings. The van der Waals surface area contributed by atoms with Gasteiger partial charge in [-0.3, -0.25) is 0 Å². The van der Waals surface area contributed by atoms with Crippen LogP contribution in [0.1, 0.15) is 46.4 Å². The van der Waals surface area contributed by atoms with E-state index in [0.717, 1.165) is 36.7 Å². The van der Waals surface area contributed by atoms with Gasteiger partial charge in [0.25, 0.3) is 0 Å². The molecule has 0 aliphatic carbocycles. The number of hydrogen-bond acceptors (Lipinski definition) is 4. The van der Waals surface area contributed by atoms with Crippen LogP contribution < -0.4 is 10.2 Å². The molecule has 1 rings (SSSR count). The predicted octanol–water partition coefficient (Wildman–Crippen LogP) is 3.10. The first-order chi connectivity index (χ1) is 8.44. The second kappa shape index (κ2) is 6.03. The molecular weight excluding hydrogens is 224 g/mol. The van der Waals surface area contributed by atoms with Crippen LogP contribution in [0.3, 0.4) is 0 Å². The Morgan fingerprint density at radius 1 is 1.28 bits per heavy atom. The van der Waals surface area contributed by atoms with Gasteiger partial charge in [-0.1, -0.05) is 13.8 Å². The molecule has 0 amide bonds. The molecule has 0 radical (unpaired) electrons. The van der Waals surface area contributed by atoms with Crippen molar-refractivity contribution < 1.29 is 0 Å². The molecule has 0 unspecified atom stereocenters. The molecule has 0 atom stereocenters. The zero-order chi connectivity index (χ0) is 13.8. The van der Waals surface area contributed by atoms with Gasteiger partial charge in [0, 0.05) is 32.1 Å². The van der Waals surface area contributed by atoms with Gasteiger partial charge in [0.2, 0.25) is 0 Å². The second-order valence-corrected chi connectivity index (χ2v) is 5.25. The Balaban J connectivity index is 3.11. The summed E-state index contributed by atoms with van der Waals surface area (Å²) < 4.78 is 0. The highest BCUT2D eigenvalue weighted by Crippen LogP contribution is 2.24. The van der Waals surface area contributed by atoms with Crippen molar-refractivity contribution in [1.82, 2.24) is 9.97 Å². The molecule has 0 saturated heterocycles. The van der Waals surface area contributed by atoms with Gasteiger partial charge >= 0.3 is 0 Å². The summed E-state index contributed by atoms with van der Waals surface area (Å²) in [4.78, 5) is 11.4. The highest BCUT2D eigenvalue weighted by Gasteiger charge is 2.23. The van der Waals surface area contributed by atoms with Crippen LogP contribution in [0, 0.1) is 0 Å². The average Bonchev–Trinajstić information content (AvgIpc) is 2.37. The number of aromatic nitrogens is 2. The third-order valence-electron chi connectivity index (χ3n) is 3.61. The van der Waals surface area contributed by atoms with Crippen LogP contribution in [0.4, 0.5) is 11.6 Å². The summed E-state index contributed by atoms with van der Waals surface area (Å²) in [5.74, 6) is 2.80. The SMILES string of the molecule is CCCc1nc(NC)cc(N(C)C(C)(C)CC)n1. The largest absolute Gasteiger partial charge is 0.373 e. The maximum atomic E-state index is 4.66. The Morgan fingerprint density at radius 2 is 1.94 bits per heavy atom. The van der Waals surface area contributed by atoms with Crippen LogP contribution in [0.25, 0.3) is 0 Å². The van der Waals surface area contributed by atoms with Crippen molar-refractivity contribution in [2.45, 2.75) is 52.5 Å². The van der Waals surface area contributed by atoms with E-state index in [1.54, 1.807) is 0 Å². The van der Waals surface area contributed by atoms with E-state index in [1.807, 2.05) is 13.1 Å². The minimum Gasteiger partial charge on any atom is -0.373 e. The average molecular weight is 250 g/mol. The summed E-state index contributed by atoms with van der Waals surface area (Å²) in [5, 5.41) is 3.11. The van der Waals surface area contributed by atoms with E-state index in [1.165, 1.54) is 0 Å². The fraction of sp³-hybridized carbons (Fsp3) is 0.714. The van der Waals surface area contributed by atoms with Gasteiger partial charge < -0.3 is 10.2 Å². The molecule has 102 valence electrons. The van der Waals surface area contributed by atoms with Crippen molar-refractivity contribution in [3.63, 3.8) is 0 Å². The number of anilines is 2. The van der Waals surface area contributed by atoms with E-state index in [0.29, 0.717) is 0 Å². The van der Waals surface area contributed by atoms with Crippen molar-refractivity contribution in [3.8, 4) is 0 Å². The Bertz CT molecular complexity index is 387. The minimum atomic E-state index is 0.100. The van der Waals surface area contributed by atoms with Crippen LogP contribution in [0.15, 0.2) is 6.07 Å². The second-order valence-electron chi connectivity index (χ2n) is 5.25. The molecular formula is C14H26N4. The highest BCUT2D eigenvalue weighted by atomic mass is 15.2. The lowest BCUT2D eigenvalue weighted by Crippen LogP contribution is -2.41. The number of rotatable bonds is 6. The van der Waals surface area contributed by atoms with Crippen LogP contribution in [0.5, 0.6) is 0 Å². The molecule has 1 N–H and O–H groups in total. The van der Waals surface area contributed by atoms with Crippen molar-refractivity contribution in [3.05, 3.63) is 11.9 Å². The van der Waals surface area contributed by atoms with Gasteiger partial charge in [0.05, 0.1) is 0 Å². The summed E-state index contributed by atoms with van der Waals surface area (Å²) in [5.41, 5.74) is 0.100. The van der Waals surface area contributed by atoms with Gasteiger partial charge in [-0.15, -0.1) is 0 Å². The van der Waals surface area contributed by atoms with Gasteiger partial charge in [-0.05, 0) is 26.7 Å². The fourth-order valence-electron chi connectivity index (χ4n) is 1.67. The summed E-state index contributed by atoms with van der Waals surface area (Å²) in [7, 11) is 3.99. The Morgan fingerprint density at radius 3 is 2.44 bits per heavy atom. The lowest BCUT2D eigenvalue weighted by molar-refractivity contribution is 0.466. The van der Waals surface area contributed by atoms with Crippen molar-refractivity contribution >= 4 is 11.6 Å². The summed E-state index contributed by atoms with van der Waals surface area (Å²) >= 11 is 0. The lowest BCUT2D eigenvalue weighted by Gasteiger charge is -2.36. The zero-order valence-corrected chi connectivity index (χ0v) is 12.5. The molecule has 0 spiro atoms. The zero-order valence-electron chi connectivity index (χ0n) is 12.5. The normalized spacial score (nSPS) is 11.4. The Kier molecular flexibility index (Phi) is 4.93. The first kappa shape index (κ1) is 14.7. The third kappa shape index (κ3) is 3.34. The van der Waals surface area contributed by atoms with Crippen molar-refractivity contribution in [1.29, 1.82) is 0 Å². The standard InChI is InChI=1S/C14H26N4/c1-7-9-11-16-12(15-5)10-13(17-11)18(6)14(3,4)8-2/h10H,7-9H2,1-6H3,(H,15,16,17). The monoisotopic (exact) mass is 250 g/mol. The fourth-order valence-corrected chi connectivity index (χ4v) is 1.67. The number of aryl methyl sites for hydroxylation is 1. The maximum absolute atomic E-state index is 4.66. The molecule has 4 nitrogen and oxygen atoms in total. The quantitative estimate of drug-likeness (QED) is 0.842. The maximum Gasteiger partial charge on any atom is 0.134 e. The van der Waals surface area contributed by atoms with Crippen LogP contribution >= 0.6 is 0 Å². The Labute approximate surface area is 111 Å². The smallest absolute Gasteiger partial charge is 0.134 e. The van der Waals surface area contributed by atoms with Crippen LogP contribution in [0.2, 0.25) is 0 Å². The first-order valence-electron chi connectivity index (χ1n) is 6.74. The van der Waals surface area contributed by atoms with E-state index in [-0.39, 0.29) is 5.54 Å². The van der Waals surface area contributed by atoms with Crippen LogP contribution in [-0.4, -0.2) is 29.6 Å². The van der Waals surface area contributed by atoms with E-state index in [4.69, 9.17) is 0 Å². The molecule has 18 heavy (non-hydrogen) atoms. The number of nitrogens with one attached hydrogen (secondary N) is 1. The van der Waals surface area contributed by atoms with Gasteiger partial charge in [-0.25, -0.2) is 9.97 Å². The van der Waals surface area contributed by atoms with Crippen LogP contribution in [-0.2, 0) is 6.42 Å². The van der Waals surface area contributed by atoms with E-state index < -0.39 is 0 Å². The van der Waals surface area contributed by atoms with Crippen molar-refractivity contribution in [2.75, 3.05) is 24.3 Å². The molecule has 0 aliphatic heterocycles. The Hall–Kier alpha value is -1.32. The number of hydrogen-bond donors (Lipinski definition) is 1. The molecule has 1 aromatic heterocycles. The van der Waals surface area contributed by atoms with Gasteiger partial charge in [0.1, 0.15) is 17.5 Å². The molecule has 0 fully saturated rings. The van der Waals surface area contributed by atoms with Gasteiger partial charge in [0.15, 0.2) is 0 Å². The summed E-state index contributed by atoms with van der Waals surface area (Å²) in [6.07, 6.45) is 3.06.